The molecule has 0 aliphatic carbocycles. The molecule has 0 radical (unpaired) electrons. The first kappa shape index (κ1) is 18.1. The van der Waals surface area contributed by atoms with Crippen LogP contribution in [0.15, 0.2) is 0 Å². The Morgan fingerprint density at radius 1 is 0.900 bits per heavy atom. The van der Waals surface area contributed by atoms with Gasteiger partial charge < -0.3 is 8.85 Å². The van der Waals surface area contributed by atoms with Crippen molar-refractivity contribution in [2.75, 3.05) is 46.1 Å². The van der Waals surface area contributed by atoms with Gasteiger partial charge in [0.1, 0.15) is 0 Å². The lowest BCUT2D eigenvalue weighted by molar-refractivity contribution is 0.185. The second-order valence-corrected chi connectivity index (χ2v) is 9.18. The summed E-state index contributed by atoms with van der Waals surface area (Å²) >= 11 is 0. The lowest BCUT2D eigenvalue weighted by atomic mass is 10.3. The van der Waals surface area contributed by atoms with Crippen LogP contribution in [0.1, 0.15) is 40.0 Å². The molecule has 1 aliphatic rings. The van der Waals surface area contributed by atoms with E-state index in [4.69, 9.17) is 8.85 Å². The summed E-state index contributed by atoms with van der Waals surface area (Å²) in [6, 6.07) is 1.11. The number of hydrogen-bond acceptors (Lipinski definition) is 4. The van der Waals surface area contributed by atoms with Crippen molar-refractivity contribution in [3.8, 4) is 0 Å². The Morgan fingerprint density at radius 2 is 1.45 bits per heavy atom. The van der Waals surface area contributed by atoms with Gasteiger partial charge in [0.25, 0.3) is 0 Å². The average molecular weight is 303 g/mol. The zero-order valence-electron chi connectivity index (χ0n) is 14.0. The van der Waals surface area contributed by atoms with Crippen LogP contribution >= 0.6 is 0 Å². The van der Waals surface area contributed by atoms with Gasteiger partial charge in [-0.25, -0.2) is 0 Å². The molecule has 0 aromatic carbocycles. The highest BCUT2D eigenvalue weighted by atomic mass is 28.4. The molecule has 20 heavy (non-hydrogen) atoms. The Bertz CT molecular complexity index is 248. The van der Waals surface area contributed by atoms with Crippen molar-refractivity contribution in [3.63, 3.8) is 0 Å². The molecule has 0 unspecified atom stereocenters. The smallest absolute Gasteiger partial charge is 0.334 e. The van der Waals surface area contributed by atoms with E-state index in [1.807, 2.05) is 0 Å². The number of hydrogen-bond donors (Lipinski definition) is 0. The number of rotatable bonds is 11. The van der Waals surface area contributed by atoms with Crippen molar-refractivity contribution < 1.29 is 8.85 Å². The largest absolute Gasteiger partial charge is 0.395 e. The molecule has 0 amide bonds. The Balaban J connectivity index is 2.20. The van der Waals surface area contributed by atoms with Gasteiger partial charge in [0, 0.05) is 26.3 Å². The summed E-state index contributed by atoms with van der Waals surface area (Å²) in [7, 11) is -1.90. The Hall–Kier alpha value is 0.0569. The van der Waals surface area contributed by atoms with Crippen molar-refractivity contribution in [3.05, 3.63) is 0 Å². The molecule has 120 valence electrons. The highest BCUT2D eigenvalue weighted by molar-refractivity contribution is 6.66. The van der Waals surface area contributed by atoms with E-state index < -0.39 is 8.56 Å². The van der Waals surface area contributed by atoms with Gasteiger partial charge in [-0.05, 0) is 52.4 Å². The molecule has 0 atom stereocenters. The van der Waals surface area contributed by atoms with Crippen LogP contribution in [0.4, 0.5) is 0 Å². The quantitative estimate of drug-likeness (QED) is 0.548. The van der Waals surface area contributed by atoms with Crippen LogP contribution in [-0.4, -0.2) is 64.4 Å². The van der Waals surface area contributed by atoms with Gasteiger partial charge in [0.05, 0.1) is 6.67 Å². The zero-order chi connectivity index (χ0) is 14.8. The maximum Gasteiger partial charge on any atom is 0.334 e. The van der Waals surface area contributed by atoms with Crippen LogP contribution in [0, 0.1) is 0 Å². The molecule has 1 aliphatic heterocycles. The third kappa shape index (κ3) is 6.67. The minimum Gasteiger partial charge on any atom is -0.395 e. The van der Waals surface area contributed by atoms with Gasteiger partial charge in [0.15, 0.2) is 0 Å². The van der Waals surface area contributed by atoms with E-state index >= 15 is 0 Å². The van der Waals surface area contributed by atoms with Gasteiger partial charge in [-0.1, -0.05) is 13.3 Å². The van der Waals surface area contributed by atoms with E-state index in [0.717, 1.165) is 25.9 Å². The van der Waals surface area contributed by atoms with Crippen LogP contribution in [0.3, 0.4) is 0 Å². The minimum atomic E-state index is -1.90. The second kappa shape index (κ2) is 9.90. The molecule has 4 nitrogen and oxygen atoms in total. The van der Waals surface area contributed by atoms with Crippen molar-refractivity contribution in [2.45, 2.75) is 52.6 Å². The summed E-state index contributed by atoms with van der Waals surface area (Å²) in [5.74, 6) is 0. The van der Waals surface area contributed by atoms with Gasteiger partial charge in [-0.15, -0.1) is 0 Å². The summed E-state index contributed by atoms with van der Waals surface area (Å²) < 4.78 is 11.8. The molecule has 0 N–H and O–H groups in total. The summed E-state index contributed by atoms with van der Waals surface area (Å²) in [5, 5.41) is 0. The second-order valence-electron chi connectivity index (χ2n) is 5.83. The predicted molar refractivity (Wildman–Crippen MR) is 87.2 cm³/mol. The van der Waals surface area contributed by atoms with Crippen molar-refractivity contribution in [1.29, 1.82) is 0 Å². The van der Waals surface area contributed by atoms with E-state index in [9.17, 15) is 0 Å². The standard InChI is InChI=1S/C15H34N2O2Si/c1-5-8-10-16-12-13-17(15-16)11-9-14-20(4,18-6-2)19-7-3/h5-15H2,1-4H3. The van der Waals surface area contributed by atoms with Crippen LogP contribution in [-0.2, 0) is 8.85 Å². The fraction of sp³-hybridized carbons (Fsp3) is 1.00. The number of unbranched alkanes of at least 4 members (excludes halogenated alkanes) is 1. The Kier molecular flexibility index (Phi) is 8.96. The zero-order valence-corrected chi connectivity index (χ0v) is 15.0. The fourth-order valence-corrected chi connectivity index (χ4v) is 5.27. The Morgan fingerprint density at radius 3 is 1.95 bits per heavy atom. The predicted octanol–water partition coefficient (Wildman–Crippen LogP) is 2.90. The van der Waals surface area contributed by atoms with Crippen molar-refractivity contribution in [1.82, 2.24) is 9.80 Å². The summed E-state index contributed by atoms with van der Waals surface area (Å²) in [6.07, 6.45) is 3.82. The van der Waals surface area contributed by atoms with E-state index in [1.165, 1.54) is 45.4 Å². The first-order valence-corrected chi connectivity index (χ1v) is 10.9. The lowest BCUT2D eigenvalue weighted by Gasteiger charge is -2.27. The summed E-state index contributed by atoms with van der Waals surface area (Å²) in [6.45, 7) is 16.2. The first-order chi connectivity index (χ1) is 9.63. The Labute approximate surface area is 126 Å². The molecule has 0 bridgehead atoms. The van der Waals surface area contributed by atoms with Gasteiger partial charge in [-0.3, -0.25) is 9.80 Å². The molecule has 0 saturated carbocycles. The van der Waals surface area contributed by atoms with E-state index in [1.54, 1.807) is 0 Å². The molecule has 1 saturated heterocycles. The highest BCUT2D eigenvalue weighted by Gasteiger charge is 2.30. The van der Waals surface area contributed by atoms with E-state index in [2.05, 4.69) is 37.1 Å². The third-order valence-corrected chi connectivity index (χ3v) is 7.03. The lowest BCUT2D eigenvalue weighted by Crippen LogP contribution is -2.39. The molecule has 1 heterocycles. The SMILES string of the molecule is CCCCN1CCN(CCC[Si](C)(OCC)OCC)C1. The normalized spacial score (nSPS) is 18.0. The summed E-state index contributed by atoms with van der Waals surface area (Å²) in [4.78, 5) is 5.15. The molecule has 1 rings (SSSR count). The van der Waals surface area contributed by atoms with Crippen LogP contribution in [0.2, 0.25) is 12.6 Å². The monoisotopic (exact) mass is 302 g/mol. The molecule has 0 spiro atoms. The first-order valence-electron chi connectivity index (χ1n) is 8.36. The molecule has 1 fully saturated rings. The molecule has 0 aromatic rings. The van der Waals surface area contributed by atoms with Crippen LogP contribution in [0.5, 0.6) is 0 Å². The molecular weight excluding hydrogens is 268 g/mol. The highest BCUT2D eigenvalue weighted by Crippen LogP contribution is 2.17. The van der Waals surface area contributed by atoms with Crippen LogP contribution in [0.25, 0.3) is 0 Å². The maximum atomic E-state index is 5.90. The minimum absolute atomic E-state index is 0.775. The van der Waals surface area contributed by atoms with Gasteiger partial charge in [-0.2, -0.15) is 0 Å². The maximum absolute atomic E-state index is 5.90. The van der Waals surface area contributed by atoms with Crippen molar-refractivity contribution >= 4 is 8.56 Å². The average Bonchev–Trinajstić information content (AvgIpc) is 2.85. The molecule has 5 heteroatoms. The molecule has 0 aromatic heterocycles. The third-order valence-electron chi connectivity index (χ3n) is 3.96. The number of nitrogens with zero attached hydrogens (tertiary/aromatic N) is 2. The van der Waals surface area contributed by atoms with Crippen LogP contribution < -0.4 is 0 Å². The van der Waals surface area contributed by atoms with Gasteiger partial charge in [0.2, 0.25) is 0 Å². The summed E-state index contributed by atoms with van der Waals surface area (Å²) in [5.41, 5.74) is 0. The topological polar surface area (TPSA) is 24.9 Å². The molecular formula is C15H34N2O2Si. The van der Waals surface area contributed by atoms with Gasteiger partial charge >= 0.3 is 8.56 Å². The van der Waals surface area contributed by atoms with Crippen molar-refractivity contribution in [2.24, 2.45) is 0 Å². The van der Waals surface area contributed by atoms with E-state index in [0.29, 0.717) is 0 Å². The fourth-order valence-electron chi connectivity index (χ4n) is 2.87. The van der Waals surface area contributed by atoms with E-state index in [-0.39, 0.29) is 0 Å².